The summed E-state index contributed by atoms with van der Waals surface area (Å²) in [6, 6.07) is 4.27. The number of methoxy groups -OCH3 is 1. The van der Waals surface area contributed by atoms with Crippen LogP contribution in [0.25, 0.3) is 0 Å². The van der Waals surface area contributed by atoms with E-state index in [9.17, 15) is 8.78 Å². The van der Waals surface area contributed by atoms with Crippen molar-refractivity contribution in [2.75, 3.05) is 20.7 Å². The van der Waals surface area contributed by atoms with Crippen LogP contribution in [-0.2, 0) is 11.8 Å². The van der Waals surface area contributed by atoms with Crippen molar-refractivity contribution in [1.82, 2.24) is 4.90 Å². The second-order valence-corrected chi connectivity index (χ2v) is 7.58. The molecular weight excluding hydrogens is 300 g/mol. The second kappa shape index (κ2) is 4.18. The van der Waals surface area contributed by atoms with Gasteiger partial charge in [0.15, 0.2) is 17.6 Å². The predicted octanol–water partition coefficient (Wildman–Crippen LogP) is 3.00. The third kappa shape index (κ3) is 1.48. The Bertz CT molecular complexity index is 692. The van der Waals surface area contributed by atoms with E-state index in [4.69, 9.17) is 9.47 Å². The van der Waals surface area contributed by atoms with Gasteiger partial charge in [-0.3, -0.25) is 0 Å². The molecule has 1 unspecified atom stereocenters. The lowest BCUT2D eigenvalue weighted by Crippen LogP contribution is -2.67. The molecular formula is C18H21F2NO2. The first kappa shape index (κ1) is 14.0. The second-order valence-electron chi connectivity index (χ2n) is 7.58. The standard InChI is InChI=1S/C18H21F2NO2/c1-21-8-7-17-11-5-6-18(19,20)16(17)23-15-13(22-2)4-3-10(14(15)17)9-12(11)21/h3-4,11-12,16H,5-9H2,1-2H3/t11-,12+,16?,17-/m0/s1. The lowest BCUT2D eigenvalue weighted by molar-refractivity contribution is -0.180. The zero-order valence-corrected chi connectivity index (χ0v) is 13.4. The van der Waals surface area contributed by atoms with Crippen molar-refractivity contribution in [1.29, 1.82) is 0 Å². The summed E-state index contributed by atoms with van der Waals surface area (Å²) in [6.45, 7) is 0.854. The molecule has 1 aromatic carbocycles. The van der Waals surface area contributed by atoms with Gasteiger partial charge in [0.2, 0.25) is 0 Å². The third-order valence-electron chi connectivity index (χ3n) is 6.77. The molecule has 4 atom stereocenters. The van der Waals surface area contributed by atoms with Gasteiger partial charge in [-0.1, -0.05) is 6.07 Å². The van der Waals surface area contributed by atoms with Crippen LogP contribution in [0.15, 0.2) is 12.1 Å². The van der Waals surface area contributed by atoms with Gasteiger partial charge in [-0.15, -0.1) is 0 Å². The van der Waals surface area contributed by atoms with E-state index < -0.39 is 17.4 Å². The largest absolute Gasteiger partial charge is 0.493 e. The lowest BCUT2D eigenvalue weighted by Gasteiger charge is -2.58. The monoisotopic (exact) mass is 321 g/mol. The van der Waals surface area contributed by atoms with E-state index in [1.54, 1.807) is 7.11 Å². The minimum absolute atomic E-state index is 0.0694. The molecule has 3 nitrogen and oxygen atoms in total. The molecule has 2 bridgehead atoms. The van der Waals surface area contributed by atoms with Crippen LogP contribution in [0.4, 0.5) is 8.78 Å². The lowest BCUT2D eigenvalue weighted by atomic mass is 9.51. The summed E-state index contributed by atoms with van der Waals surface area (Å²) in [6.07, 6.45) is 1.16. The zero-order chi connectivity index (χ0) is 16.0. The zero-order valence-electron chi connectivity index (χ0n) is 13.4. The minimum atomic E-state index is -2.77. The van der Waals surface area contributed by atoms with Gasteiger partial charge in [-0.25, -0.2) is 8.78 Å². The van der Waals surface area contributed by atoms with Crippen LogP contribution in [0.5, 0.6) is 11.5 Å². The van der Waals surface area contributed by atoms with Crippen LogP contribution in [0.2, 0.25) is 0 Å². The Morgan fingerprint density at radius 1 is 1.30 bits per heavy atom. The molecule has 2 fully saturated rings. The average molecular weight is 321 g/mol. The minimum Gasteiger partial charge on any atom is -0.493 e. The Kier molecular flexibility index (Phi) is 2.55. The van der Waals surface area contributed by atoms with Crippen LogP contribution in [0.3, 0.4) is 0 Å². The van der Waals surface area contributed by atoms with Crippen LogP contribution in [0.1, 0.15) is 30.4 Å². The maximum absolute atomic E-state index is 14.8. The summed E-state index contributed by atoms with van der Waals surface area (Å²) >= 11 is 0. The normalized spacial score (nSPS) is 39.6. The van der Waals surface area contributed by atoms with E-state index in [-0.39, 0.29) is 12.3 Å². The van der Waals surface area contributed by atoms with Gasteiger partial charge < -0.3 is 14.4 Å². The molecule has 0 amide bonds. The number of likely N-dealkylation sites (N-methyl/N-ethyl adjacent to an activating group) is 1. The molecule has 0 radical (unpaired) electrons. The average Bonchev–Trinajstić information content (AvgIpc) is 2.88. The maximum atomic E-state index is 14.8. The Labute approximate surface area is 134 Å². The summed E-state index contributed by atoms with van der Waals surface area (Å²) in [7, 11) is 3.71. The van der Waals surface area contributed by atoms with Gasteiger partial charge in [0.25, 0.3) is 5.92 Å². The number of alkyl halides is 2. The van der Waals surface area contributed by atoms with Crippen LogP contribution in [-0.4, -0.2) is 43.7 Å². The SMILES string of the molecule is COc1ccc2c3c1OC1C(F)(F)CC[C@H]4[C@@H](C2)N(C)CC[C@]314. The Hall–Kier alpha value is -1.36. The van der Waals surface area contributed by atoms with Crippen molar-refractivity contribution >= 4 is 0 Å². The highest BCUT2D eigenvalue weighted by Gasteiger charge is 2.70. The van der Waals surface area contributed by atoms with Gasteiger partial charge in [-0.05, 0) is 50.4 Å². The van der Waals surface area contributed by atoms with Crippen molar-refractivity contribution in [2.24, 2.45) is 5.92 Å². The van der Waals surface area contributed by atoms with Crippen LogP contribution >= 0.6 is 0 Å². The number of benzene rings is 1. The van der Waals surface area contributed by atoms with E-state index in [1.165, 1.54) is 5.56 Å². The first-order valence-electron chi connectivity index (χ1n) is 8.44. The molecule has 0 aromatic heterocycles. The number of likely N-dealkylation sites (tertiary alicyclic amines) is 1. The van der Waals surface area contributed by atoms with Crippen molar-refractivity contribution in [3.05, 3.63) is 23.3 Å². The molecule has 1 aromatic rings. The van der Waals surface area contributed by atoms with Gasteiger partial charge in [0.1, 0.15) is 0 Å². The molecule has 1 spiro atoms. The Morgan fingerprint density at radius 2 is 2.13 bits per heavy atom. The highest BCUT2D eigenvalue weighted by Crippen LogP contribution is 2.66. The fourth-order valence-corrected chi connectivity index (χ4v) is 5.83. The highest BCUT2D eigenvalue weighted by atomic mass is 19.3. The summed E-state index contributed by atoms with van der Waals surface area (Å²) < 4.78 is 41.0. The number of rotatable bonds is 1. The molecule has 0 N–H and O–H groups in total. The summed E-state index contributed by atoms with van der Waals surface area (Å²) in [5, 5.41) is 0. The van der Waals surface area contributed by atoms with Crippen molar-refractivity contribution in [3.8, 4) is 11.5 Å². The number of ether oxygens (including phenoxy) is 2. The number of piperidine rings is 1. The molecule has 124 valence electrons. The number of nitrogens with zero attached hydrogens (tertiary/aromatic N) is 1. The maximum Gasteiger partial charge on any atom is 0.285 e. The predicted molar refractivity (Wildman–Crippen MR) is 81.5 cm³/mol. The fourth-order valence-electron chi connectivity index (χ4n) is 5.83. The fraction of sp³-hybridized carbons (Fsp3) is 0.667. The molecule has 23 heavy (non-hydrogen) atoms. The summed E-state index contributed by atoms with van der Waals surface area (Å²) in [5.41, 5.74) is 1.68. The quantitative estimate of drug-likeness (QED) is 0.794. The third-order valence-corrected chi connectivity index (χ3v) is 6.77. The molecule has 2 aliphatic carbocycles. The van der Waals surface area contributed by atoms with Gasteiger partial charge in [-0.2, -0.15) is 0 Å². The van der Waals surface area contributed by atoms with Crippen molar-refractivity contribution < 1.29 is 18.3 Å². The van der Waals surface area contributed by atoms with Crippen molar-refractivity contribution in [2.45, 2.75) is 49.2 Å². The van der Waals surface area contributed by atoms with E-state index in [1.807, 2.05) is 6.07 Å². The molecule has 5 heteroatoms. The first-order chi connectivity index (χ1) is 11.0. The first-order valence-corrected chi connectivity index (χ1v) is 8.44. The molecule has 5 rings (SSSR count). The van der Waals surface area contributed by atoms with E-state index in [2.05, 4.69) is 18.0 Å². The Balaban J connectivity index is 1.81. The van der Waals surface area contributed by atoms with Gasteiger partial charge >= 0.3 is 0 Å². The number of hydrogen-bond acceptors (Lipinski definition) is 3. The molecule has 2 aliphatic heterocycles. The summed E-state index contributed by atoms with van der Waals surface area (Å²) in [4.78, 5) is 2.36. The Morgan fingerprint density at radius 3 is 2.91 bits per heavy atom. The number of hydrogen-bond donors (Lipinski definition) is 0. The number of halogens is 2. The molecule has 1 saturated heterocycles. The molecule has 4 aliphatic rings. The van der Waals surface area contributed by atoms with Gasteiger partial charge in [0.05, 0.1) is 7.11 Å². The van der Waals surface area contributed by atoms with Crippen molar-refractivity contribution in [3.63, 3.8) is 0 Å². The van der Waals surface area contributed by atoms with E-state index in [0.717, 1.165) is 24.9 Å². The van der Waals surface area contributed by atoms with E-state index >= 15 is 0 Å². The molecule has 2 heterocycles. The topological polar surface area (TPSA) is 21.7 Å². The van der Waals surface area contributed by atoms with Gasteiger partial charge in [0, 0.05) is 23.4 Å². The highest BCUT2D eigenvalue weighted by molar-refractivity contribution is 5.61. The van der Waals surface area contributed by atoms with Crippen LogP contribution in [0, 0.1) is 5.92 Å². The summed E-state index contributed by atoms with van der Waals surface area (Å²) in [5.74, 6) is -1.33. The van der Waals surface area contributed by atoms with Crippen LogP contribution < -0.4 is 9.47 Å². The van der Waals surface area contributed by atoms with E-state index in [0.29, 0.717) is 24.0 Å². The molecule has 1 saturated carbocycles. The smallest absolute Gasteiger partial charge is 0.285 e.